The van der Waals surface area contributed by atoms with Crippen molar-refractivity contribution in [2.75, 3.05) is 11.9 Å². The Morgan fingerprint density at radius 2 is 2.09 bits per heavy atom. The number of nitrogens with two attached hydrogens (primary N) is 1. The fraction of sp³-hybridized carbons (Fsp3) is 0.214. The molecule has 1 aromatic heterocycles. The summed E-state index contributed by atoms with van der Waals surface area (Å²) >= 11 is 11.7. The normalized spacial score (nSPS) is 11.8. The average Bonchev–Trinajstić information content (AvgIpc) is 2.48. The number of rotatable bonds is 6. The van der Waals surface area contributed by atoms with E-state index in [0.29, 0.717) is 17.3 Å². The van der Waals surface area contributed by atoms with Crippen molar-refractivity contribution in [3.63, 3.8) is 0 Å². The van der Waals surface area contributed by atoms with E-state index in [4.69, 9.17) is 33.7 Å². The van der Waals surface area contributed by atoms with Crippen LogP contribution >= 0.6 is 23.2 Å². The van der Waals surface area contributed by atoms with E-state index in [1.807, 2.05) is 19.1 Å². The van der Waals surface area contributed by atoms with Crippen LogP contribution in [0, 0.1) is 0 Å². The molecule has 1 aromatic carbocycles. The molecule has 0 bridgehead atoms. The summed E-state index contributed by atoms with van der Waals surface area (Å²) in [5.74, 6) is 0.196. The van der Waals surface area contributed by atoms with Gasteiger partial charge in [0.2, 0.25) is 0 Å². The maximum Gasteiger partial charge on any atom is 0.252 e. The number of primary amides is 1. The Morgan fingerprint density at radius 1 is 1.36 bits per heavy atom. The molecule has 0 radical (unpaired) electrons. The molecule has 6 nitrogen and oxygen atoms in total. The van der Waals surface area contributed by atoms with E-state index in [1.165, 1.54) is 6.07 Å². The summed E-state index contributed by atoms with van der Waals surface area (Å²) in [6.45, 7) is 2.23. The molecule has 3 N–H and O–H groups in total. The second-order valence-corrected chi connectivity index (χ2v) is 5.33. The maximum absolute atomic E-state index is 11.4. The van der Waals surface area contributed by atoms with Gasteiger partial charge in [0.1, 0.15) is 11.9 Å². The molecule has 0 aliphatic rings. The Balaban J connectivity index is 2.01. The third-order valence-electron chi connectivity index (χ3n) is 2.75. The van der Waals surface area contributed by atoms with Gasteiger partial charge in [-0.05, 0) is 25.1 Å². The Morgan fingerprint density at radius 3 is 2.77 bits per heavy atom. The first-order valence-electron chi connectivity index (χ1n) is 6.45. The highest BCUT2D eigenvalue weighted by Gasteiger charge is 2.13. The zero-order chi connectivity index (χ0) is 16.1. The van der Waals surface area contributed by atoms with Crippen LogP contribution < -0.4 is 15.8 Å². The molecule has 1 heterocycles. The minimum atomic E-state index is -0.640. The van der Waals surface area contributed by atoms with E-state index in [9.17, 15) is 4.79 Å². The lowest BCUT2D eigenvalue weighted by molar-refractivity contribution is 0.100. The second kappa shape index (κ2) is 7.29. The molecule has 2 aromatic rings. The summed E-state index contributed by atoms with van der Waals surface area (Å²) in [6, 6.07) is 8.53. The fourth-order valence-electron chi connectivity index (χ4n) is 1.73. The quantitative estimate of drug-likeness (QED) is 0.843. The monoisotopic (exact) mass is 340 g/mol. The highest BCUT2D eigenvalue weighted by atomic mass is 35.5. The molecule has 0 aliphatic carbocycles. The summed E-state index contributed by atoms with van der Waals surface area (Å²) < 4.78 is 5.71. The van der Waals surface area contributed by atoms with Crippen molar-refractivity contribution >= 4 is 34.9 Å². The number of halogens is 2. The summed E-state index contributed by atoms with van der Waals surface area (Å²) in [6.07, 6.45) is -0.224. The van der Waals surface area contributed by atoms with Crippen molar-refractivity contribution in [2.24, 2.45) is 5.73 Å². The number of amides is 1. The summed E-state index contributed by atoms with van der Waals surface area (Å²) in [5.41, 5.74) is 5.45. The first-order valence-corrected chi connectivity index (χ1v) is 7.21. The first-order chi connectivity index (χ1) is 10.5. The standard InChI is InChI=1S/C14H14Cl2N4O2/c1-8(22-11-5-3-2-4-10(11)15)7-18-14-9(13(17)21)6-12(16)19-20-14/h2-6,8H,7H2,1H3,(H2,17,21)(H,18,20). The van der Waals surface area contributed by atoms with Crippen LogP contribution in [0.5, 0.6) is 5.75 Å². The number of nitrogens with one attached hydrogen (secondary N) is 1. The predicted octanol–water partition coefficient (Wildman–Crippen LogP) is 2.76. The number of para-hydroxylation sites is 1. The zero-order valence-corrected chi connectivity index (χ0v) is 13.2. The molecule has 8 heteroatoms. The summed E-state index contributed by atoms with van der Waals surface area (Å²) in [7, 11) is 0. The number of anilines is 1. The van der Waals surface area contributed by atoms with E-state index in [-0.39, 0.29) is 22.6 Å². The van der Waals surface area contributed by atoms with Crippen LogP contribution in [0.3, 0.4) is 0 Å². The van der Waals surface area contributed by atoms with Gasteiger partial charge in [-0.1, -0.05) is 35.3 Å². The average molecular weight is 341 g/mol. The number of carbonyl (C=O) groups excluding carboxylic acids is 1. The molecule has 1 atom stereocenters. The van der Waals surface area contributed by atoms with Gasteiger partial charge < -0.3 is 15.8 Å². The van der Waals surface area contributed by atoms with E-state index < -0.39 is 5.91 Å². The van der Waals surface area contributed by atoms with E-state index >= 15 is 0 Å². The lowest BCUT2D eigenvalue weighted by Gasteiger charge is -2.17. The van der Waals surface area contributed by atoms with Crippen LogP contribution in [0.1, 0.15) is 17.3 Å². The van der Waals surface area contributed by atoms with E-state index in [2.05, 4.69) is 15.5 Å². The van der Waals surface area contributed by atoms with Crippen LogP contribution in [0.15, 0.2) is 30.3 Å². The number of hydrogen-bond acceptors (Lipinski definition) is 5. The van der Waals surface area contributed by atoms with Crippen molar-refractivity contribution in [3.8, 4) is 5.75 Å². The van der Waals surface area contributed by atoms with Crippen LogP contribution in [0.25, 0.3) is 0 Å². The van der Waals surface area contributed by atoms with Crippen molar-refractivity contribution in [1.82, 2.24) is 10.2 Å². The van der Waals surface area contributed by atoms with Gasteiger partial charge >= 0.3 is 0 Å². The number of nitrogens with zero attached hydrogens (tertiary/aromatic N) is 2. The maximum atomic E-state index is 11.4. The molecule has 0 aliphatic heterocycles. The Hall–Kier alpha value is -2.05. The molecule has 116 valence electrons. The molecule has 0 fully saturated rings. The van der Waals surface area contributed by atoms with Gasteiger partial charge in [0.05, 0.1) is 17.1 Å². The lowest BCUT2D eigenvalue weighted by Crippen LogP contribution is -2.25. The van der Waals surface area contributed by atoms with Crippen molar-refractivity contribution < 1.29 is 9.53 Å². The molecule has 2 rings (SSSR count). The predicted molar refractivity (Wildman–Crippen MR) is 85.6 cm³/mol. The van der Waals surface area contributed by atoms with Crippen molar-refractivity contribution in [1.29, 1.82) is 0 Å². The third-order valence-corrected chi connectivity index (χ3v) is 3.25. The van der Waals surface area contributed by atoms with Gasteiger partial charge in [0, 0.05) is 0 Å². The van der Waals surface area contributed by atoms with Gasteiger partial charge in [-0.25, -0.2) is 0 Å². The number of aromatic nitrogens is 2. The highest BCUT2D eigenvalue weighted by Crippen LogP contribution is 2.24. The minimum Gasteiger partial charge on any atom is -0.487 e. The molecular formula is C14H14Cl2N4O2. The van der Waals surface area contributed by atoms with Crippen LogP contribution in [-0.4, -0.2) is 28.8 Å². The molecule has 22 heavy (non-hydrogen) atoms. The molecule has 1 amide bonds. The minimum absolute atomic E-state index is 0.0970. The summed E-state index contributed by atoms with van der Waals surface area (Å²) in [4.78, 5) is 11.4. The number of ether oxygens (including phenoxy) is 1. The molecule has 0 saturated heterocycles. The number of carbonyl (C=O) groups is 1. The van der Waals surface area contributed by atoms with Crippen LogP contribution in [-0.2, 0) is 0 Å². The SMILES string of the molecule is CC(CNc1nnc(Cl)cc1C(N)=O)Oc1ccccc1Cl. The van der Waals surface area contributed by atoms with Crippen LogP contribution in [0.2, 0.25) is 10.2 Å². The van der Waals surface area contributed by atoms with E-state index in [1.54, 1.807) is 12.1 Å². The smallest absolute Gasteiger partial charge is 0.252 e. The highest BCUT2D eigenvalue weighted by molar-refractivity contribution is 6.32. The number of hydrogen-bond donors (Lipinski definition) is 2. The fourth-order valence-corrected chi connectivity index (χ4v) is 2.05. The molecule has 0 saturated carbocycles. The van der Waals surface area contributed by atoms with Gasteiger partial charge in [-0.15, -0.1) is 10.2 Å². The summed E-state index contributed by atoms with van der Waals surface area (Å²) in [5, 5.41) is 11.1. The Kier molecular flexibility index (Phi) is 5.41. The second-order valence-electron chi connectivity index (χ2n) is 4.53. The van der Waals surface area contributed by atoms with Crippen molar-refractivity contribution in [3.05, 3.63) is 46.1 Å². The third kappa shape index (κ3) is 4.22. The molecular weight excluding hydrogens is 327 g/mol. The first kappa shape index (κ1) is 16.3. The molecule has 1 unspecified atom stereocenters. The van der Waals surface area contributed by atoms with Gasteiger partial charge in [0.15, 0.2) is 11.0 Å². The lowest BCUT2D eigenvalue weighted by atomic mass is 10.2. The Bertz CT molecular complexity index is 682. The van der Waals surface area contributed by atoms with Gasteiger partial charge in [0.25, 0.3) is 5.91 Å². The number of benzene rings is 1. The van der Waals surface area contributed by atoms with Gasteiger partial charge in [-0.3, -0.25) is 4.79 Å². The van der Waals surface area contributed by atoms with Gasteiger partial charge in [-0.2, -0.15) is 0 Å². The van der Waals surface area contributed by atoms with E-state index in [0.717, 1.165) is 0 Å². The Labute approximate surface area is 137 Å². The zero-order valence-electron chi connectivity index (χ0n) is 11.7. The van der Waals surface area contributed by atoms with Crippen LogP contribution in [0.4, 0.5) is 5.82 Å². The topological polar surface area (TPSA) is 90.1 Å². The van der Waals surface area contributed by atoms with Crippen molar-refractivity contribution in [2.45, 2.75) is 13.0 Å². The largest absolute Gasteiger partial charge is 0.487 e. The molecule has 0 spiro atoms.